The van der Waals surface area contributed by atoms with E-state index in [4.69, 9.17) is 0 Å². The fraction of sp³-hybridized carbons (Fsp3) is 0. The Balaban J connectivity index is 1.07. The number of ketones is 1. The van der Waals surface area contributed by atoms with Crippen LogP contribution in [0.4, 0.5) is 0 Å². The summed E-state index contributed by atoms with van der Waals surface area (Å²) in [5.74, 6) is -0.00864. The zero-order chi connectivity index (χ0) is 41.4. The fourth-order valence-corrected chi connectivity index (χ4v) is 9.08. The summed E-state index contributed by atoms with van der Waals surface area (Å²) in [6.45, 7) is 0. The van der Waals surface area contributed by atoms with Crippen LogP contribution in [0.5, 0.6) is 0 Å². The fourth-order valence-electron chi connectivity index (χ4n) is 9.08. The second-order valence-corrected chi connectivity index (χ2v) is 16.0. The lowest BCUT2D eigenvalue weighted by molar-refractivity contribution is 0.103. The van der Waals surface area contributed by atoms with Crippen molar-refractivity contribution in [2.45, 2.75) is 0 Å². The largest absolute Gasteiger partial charge is 0.289 e. The first kappa shape index (κ1) is 36.9. The maximum absolute atomic E-state index is 15.0. The van der Waals surface area contributed by atoms with Gasteiger partial charge in [0.2, 0.25) is 0 Å². The lowest BCUT2D eigenvalue weighted by Gasteiger charge is -2.15. The summed E-state index contributed by atoms with van der Waals surface area (Å²) in [5.41, 5.74) is 14.6. The predicted octanol–water partition coefficient (Wildman–Crippen LogP) is 16.4. The van der Waals surface area contributed by atoms with Gasteiger partial charge in [-0.15, -0.1) is 0 Å². The summed E-state index contributed by atoms with van der Waals surface area (Å²) in [6.07, 6.45) is 0. The molecule has 0 N–H and O–H groups in total. The van der Waals surface area contributed by atoms with E-state index in [-0.39, 0.29) is 5.78 Å². The number of carbonyl (C=O) groups is 1. The van der Waals surface area contributed by atoms with E-state index >= 15 is 0 Å². The highest BCUT2D eigenvalue weighted by Crippen LogP contribution is 2.39. The molecular formula is C61H40O. The summed E-state index contributed by atoms with van der Waals surface area (Å²) < 4.78 is 0. The number of fused-ring (bicyclic) bond motifs is 6. The maximum atomic E-state index is 15.0. The Morgan fingerprint density at radius 1 is 0.194 bits per heavy atom. The average molecular weight is 789 g/mol. The first-order valence-electron chi connectivity index (χ1n) is 21.2. The van der Waals surface area contributed by atoms with E-state index in [1.54, 1.807) is 0 Å². The molecule has 11 aromatic carbocycles. The minimum Gasteiger partial charge on any atom is -0.289 e. The molecule has 0 bridgehead atoms. The smallest absolute Gasteiger partial charge is 0.193 e. The summed E-state index contributed by atoms with van der Waals surface area (Å²) in [4.78, 5) is 15.0. The Morgan fingerprint density at radius 2 is 0.484 bits per heavy atom. The van der Waals surface area contributed by atoms with Crippen LogP contribution in [0.25, 0.3) is 99.1 Å². The Hall–Kier alpha value is -8.13. The molecule has 0 saturated carbocycles. The summed E-state index contributed by atoms with van der Waals surface area (Å²) in [5, 5.41) is 6.96. The van der Waals surface area contributed by atoms with E-state index in [2.05, 4.69) is 231 Å². The lowest BCUT2D eigenvalue weighted by Crippen LogP contribution is -2.02. The highest BCUT2D eigenvalue weighted by atomic mass is 16.1. The van der Waals surface area contributed by atoms with Gasteiger partial charge in [0.05, 0.1) is 0 Å². The Bertz CT molecular complexity index is 3360. The van der Waals surface area contributed by atoms with Crippen LogP contribution >= 0.6 is 0 Å². The van der Waals surface area contributed by atoms with Crippen molar-refractivity contribution >= 4 is 38.1 Å². The maximum Gasteiger partial charge on any atom is 0.193 e. The molecule has 62 heavy (non-hydrogen) atoms. The summed E-state index contributed by atoms with van der Waals surface area (Å²) >= 11 is 0. The molecule has 0 atom stereocenters. The van der Waals surface area contributed by atoms with Crippen LogP contribution in [0.1, 0.15) is 15.9 Å². The van der Waals surface area contributed by atoms with Gasteiger partial charge in [-0.25, -0.2) is 0 Å². The van der Waals surface area contributed by atoms with Crippen LogP contribution in [0.3, 0.4) is 0 Å². The van der Waals surface area contributed by atoms with Crippen molar-refractivity contribution in [2.24, 2.45) is 0 Å². The van der Waals surface area contributed by atoms with Gasteiger partial charge >= 0.3 is 0 Å². The van der Waals surface area contributed by atoms with Gasteiger partial charge in [-0.2, -0.15) is 0 Å². The normalized spacial score (nSPS) is 11.3. The van der Waals surface area contributed by atoms with Crippen LogP contribution in [0.2, 0.25) is 0 Å². The van der Waals surface area contributed by atoms with Crippen LogP contribution in [0, 0.1) is 0 Å². The summed E-state index contributed by atoms with van der Waals surface area (Å²) in [7, 11) is 0. The van der Waals surface area contributed by atoms with Crippen molar-refractivity contribution in [3.05, 3.63) is 254 Å². The first-order valence-corrected chi connectivity index (χ1v) is 21.2. The van der Waals surface area contributed by atoms with Crippen molar-refractivity contribution in [2.75, 3.05) is 0 Å². The van der Waals surface area contributed by atoms with Crippen LogP contribution in [0.15, 0.2) is 243 Å². The molecule has 0 saturated heterocycles. The van der Waals surface area contributed by atoms with Gasteiger partial charge < -0.3 is 0 Å². The third-order valence-electron chi connectivity index (χ3n) is 12.2. The topological polar surface area (TPSA) is 17.1 Å². The quantitative estimate of drug-likeness (QED) is 0.111. The average Bonchev–Trinajstić information content (AvgIpc) is 3.36. The van der Waals surface area contributed by atoms with Crippen molar-refractivity contribution in [3.8, 4) is 66.8 Å². The molecule has 1 heteroatoms. The van der Waals surface area contributed by atoms with E-state index in [1.165, 1.54) is 27.3 Å². The van der Waals surface area contributed by atoms with Gasteiger partial charge in [0.15, 0.2) is 5.78 Å². The third kappa shape index (κ3) is 6.96. The van der Waals surface area contributed by atoms with Crippen molar-refractivity contribution in [3.63, 3.8) is 0 Å². The lowest BCUT2D eigenvalue weighted by atomic mass is 9.89. The Labute approximate surface area is 361 Å². The monoisotopic (exact) mass is 788 g/mol. The molecule has 0 aliphatic rings. The van der Waals surface area contributed by atoms with Crippen LogP contribution in [-0.4, -0.2) is 5.78 Å². The molecule has 0 aliphatic carbocycles. The van der Waals surface area contributed by atoms with E-state index in [0.29, 0.717) is 11.1 Å². The van der Waals surface area contributed by atoms with E-state index in [0.717, 1.165) is 71.8 Å². The Morgan fingerprint density at radius 3 is 0.919 bits per heavy atom. The predicted molar refractivity (Wildman–Crippen MR) is 261 cm³/mol. The molecule has 0 unspecified atom stereocenters. The van der Waals surface area contributed by atoms with E-state index in [1.807, 2.05) is 12.1 Å². The molecule has 0 heterocycles. The standard InChI is InChI=1S/C61H40O/c62-61(48-30-31-59-57-28-11-10-26-55(57)56-27-12-13-29-58(56)60(59)40-48)54-38-52(45-23-14-22-44(32-45)41-16-4-1-5-17-41)37-53(39-54)47-25-15-24-46(33-47)51-35-49(42-18-6-2-7-19-42)34-50(36-51)43-20-8-3-9-21-43/h1-40H. The SMILES string of the molecule is O=C(c1cc(-c2cccc(-c3ccccc3)c2)cc(-c2cccc(-c3cc(-c4ccccc4)cc(-c4ccccc4)c3)c2)c1)c1ccc2c3ccccc3c3ccccc3c2c1. The van der Waals surface area contributed by atoms with Gasteiger partial charge in [0.1, 0.15) is 0 Å². The molecule has 11 aromatic rings. The van der Waals surface area contributed by atoms with Gasteiger partial charge in [-0.1, -0.05) is 188 Å². The van der Waals surface area contributed by atoms with Gasteiger partial charge in [-0.05, 0) is 154 Å². The van der Waals surface area contributed by atoms with Crippen molar-refractivity contribution in [1.29, 1.82) is 0 Å². The first-order chi connectivity index (χ1) is 30.6. The van der Waals surface area contributed by atoms with Gasteiger partial charge in [0, 0.05) is 11.1 Å². The molecule has 0 fully saturated rings. The molecular weight excluding hydrogens is 749 g/mol. The number of rotatable bonds is 8. The molecule has 11 rings (SSSR count). The second-order valence-electron chi connectivity index (χ2n) is 16.0. The molecule has 0 spiro atoms. The number of carbonyl (C=O) groups excluding carboxylic acids is 1. The molecule has 0 amide bonds. The third-order valence-corrected chi connectivity index (χ3v) is 12.2. The van der Waals surface area contributed by atoms with Crippen molar-refractivity contribution < 1.29 is 4.79 Å². The zero-order valence-corrected chi connectivity index (χ0v) is 34.0. The molecule has 0 aliphatic heterocycles. The van der Waals surface area contributed by atoms with Crippen LogP contribution < -0.4 is 0 Å². The minimum absolute atomic E-state index is 0.00864. The van der Waals surface area contributed by atoms with Crippen LogP contribution in [-0.2, 0) is 0 Å². The number of hydrogen-bond donors (Lipinski definition) is 0. The highest BCUT2D eigenvalue weighted by Gasteiger charge is 2.17. The minimum atomic E-state index is -0.00864. The zero-order valence-electron chi connectivity index (χ0n) is 34.0. The van der Waals surface area contributed by atoms with Crippen molar-refractivity contribution in [1.82, 2.24) is 0 Å². The Kier molecular flexibility index (Phi) is 9.41. The molecule has 290 valence electrons. The second kappa shape index (κ2) is 15.8. The molecule has 0 radical (unpaired) electrons. The molecule has 1 nitrogen and oxygen atoms in total. The number of benzene rings is 11. The molecule has 0 aromatic heterocycles. The van der Waals surface area contributed by atoms with Gasteiger partial charge in [0.25, 0.3) is 0 Å². The number of hydrogen-bond acceptors (Lipinski definition) is 1. The van der Waals surface area contributed by atoms with Gasteiger partial charge in [-0.3, -0.25) is 4.79 Å². The summed E-state index contributed by atoms with van der Waals surface area (Å²) in [6, 6.07) is 85.5. The van der Waals surface area contributed by atoms with E-state index in [9.17, 15) is 4.79 Å². The van der Waals surface area contributed by atoms with E-state index < -0.39 is 0 Å². The highest BCUT2D eigenvalue weighted by molar-refractivity contribution is 6.26.